The van der Waals surface area contributed by atoms with Gasteiger partial charge in [0.1, 0.15) is 0 Å². The van der Waals surface area contributed by atoms with Crippen LogP contribution in [-0.4, -0.2) is 24.4 Å². The second-order valence-electron chi connectivity index (χ2n) is 3.94. The molecule has 0 unspecified atom stereocenters. The van der Waals surface area contributed by atoms with Crippen LogP contribution in [0.3, 0.4) is 0 Å². The lowest BCUT2D eigenvalue weighted by Gasteiger charge is -2.16. The summed E-state index contributed by atoms with van der Waals surface area (Å²) in [7, 11) is 1.87. The fourth-order valence-corrected chi connectivity index (χ4v) is 1.87. The number of unbranched alkanes of at least 4 members (excludes halogenated alkanes) is 2. The molecular weight excluding hydrogens is 313 g/mol. The lowest BCUT2D eigenvalue weighted by molar-refractivity contribution is 0.0792. The zero-order chi connectivity index (χ0) is 12.0. The van der Waals surface area contributed by atoms with Gasteiger partial charge < -0.3 is 4.90 Å². The number of nitrogens with zero attached hydrogens (tertiary/aromatic N) is 1. The van der Waals surface area contributed by atoms with Crippen molar-refractivity contribution in [1.82, 2.24) is 4.90 Å². The zero-order valence-corrected chi connectivity index (χ0v) is 12.0. The monoisotopic (exact) mass is 331 g/mol. The van der Waals surface area contributed by atoms with Crippen molar-refractivity contribution in [2.75, 3.05) is 13.6 Å². The van der Waals surface area contributed by atoms with E-state index in [0.717, 1.165) is 22.1 Å². The van der Waals surface area contributed by atoms with Crippen molar-refractivity contribution in [3.8, 4) is 0 Å². The van der Waals surface area contributed by atoms with Crippen molar-refractivity contribution in [1.29, 1.82) is 0 Å². The zero-order valence-electron chi connectivity index (χ0n) is 9.87. The number of amides is 1. The maximum absolute atomic E-state index is 12.0. The van der Waals surface area contributed by atoms with Gasteiger partial charge in [0, 0.05) is 22.7 Å². The van der Waals surface area contributed by atoms with E-state index < -0.39 is 0 Å². The Hall–Kier alpha value is -0.580. The average Bonchev–Trinajstić information content (AvgIpc) is 2.29. The molecule has 0 spiro atoms. The standard InChI is InChI=1S/C13H18INO/c1-3-4-5-10-15(2)13(16)11-6-8-12(14)9-7-11/h6-9H,3-5,10H2,1-2H3. The molecule has 1 aromatic rings. The van der Waals surface area contributed by atoms with E-state index in [1.54, 1.807) is 4.90 Å². The molecule has 0 bridgehead atoms. The van der Waals surface area contributed by atoms with Gasteiger partial charge in [0.25, 0.3) is 5.91 Å². The molecule has 0 aromatic heterocycles. The van der Waals surface area contributed by atoms with Crippen LogP contribution in [0, 0.1) is 3.57 Å². The first kappa shape index (κ1) is 13.5. The number of rotatable bonds is 5. The third kappa shape index (κ3) is 4.12. The fraction of sp³-hybridized carbons (Fsp3) is 0.462. The number of halogens is 1. The van der Waals surface area contributed by atoms with Crippen molar-refractivity contribution in [2.45, 2.75) is 26.2 Å². The first-order valence-electron chi connectivity index (χ1n) is 5.66. The third-order valence-corrected chi connectivity index (χ3v) is 3.25. The highest BCUT2D eigenvalue weighted by molar-refractivity contribution is 14.1. The first-order chi connectivity index (χ1) is 7.65. The molecule has 3 heteroatoms. The Morgan fingerprint density at radius 2 is 1.88 bits per heavy atom. The first-order valence-corrected chi connectivity index (χ1v) is 6.74. The summed E-state index contributed by atoms with van der Waals surface area (Å²) >= 11 is 2.24. The topological polar surface area (TPSA) is 20.3 Å². The Labute approximate surface area is 111 Å². The SMILES string of the molecule is CCCCCN(C)C(=O)c1ccc(I)cc1. The van der Waals surface area contributed by atoms with E-state index in [1.807, 2.05) is 31.3 Å². The van der Waals surface area contributed by atoms with Gasteiger partial charge in [-0.25, -0.2) is 0 Å². The Morgan fingerprint density at radius 1 is 1.25 bits per heavy atom. The van der Waals surface area contributed by atoms with Crippen LogP contribution in [0.4, 0.5) is 0 Å². The Kier molecular flexibility index (Phi) is 5.80. The van der Waals surface area contributed by atoms with Gasteiger partial charge in [0.05, 0.1) is 0 Å². The lowest BCUT2D eigenvalue weighted by Crippen LogP contribution is -2.27. The maximum Gasteiger partial charge on any atom is 0.253 e. The quantitative estimate of drug-likeness (QED) is 0.597. The molecule has 16 heavy (non-hydrogen) atoms. The summed E-state index contributed by atoms with van der Waals surface area (Å²) in [5.41, 5.74) is 0.777. The van der Waals surface area contributed by atoms with E-state index in [1.165, 1.54) is 12.8 Å². The van der Waals surface area contributed by atoms with Gasteiger partial charge in [-0.2, -0.15) is 0 Å². The van der Waals surface area contributed by atoms with E-state index in [9.17, 15) is 4.79 Å². The normalized spacial score (nSPS) is 10.2. The van der Waals surface area contributed by atoms with Gasteiger partial charge in [-0.05, 0) is 53.3 Å². The molecule has 1 rings (SSSR count). The van der Waals surface area contributed by atoms with E-state index in [4.69, 9.17) is 0 Å². The Bertz CT molecular complexity index is 334. The molecule has 0 aliphatic heterocycles. The molecule has 0 saturated carbocycles. The number of hydrogen-bond acceptors (Lipinski definition) is 1. The van der Waals surface area contributed by atoms with E-state index in [0.29, 0.717) is 0 Å². The molecule has 0 N–H and O–H groups in total. The number of carbonyl (C=O) groups excluding carboxylic acids is 1. The Balaban J connectivity index is 2.53. The highest BCUT2D eigenvalue weighted by Crippen LogP contribution is 2.09. The minimum absolute atomic E-state index is 0.118. The summed E-state index contributed by atoms with van der Waals surface area (Å²) in [6.07, 6.45) is 3.46. The molecule has 0 aliphatic rings. The molecule has 0 saturated heterocycles. The molecule has 2 nitrogen and oxygen atoms in total. The molecule has 1 aromatic carbocycles. The molecule has 1 amide bonds. The summed E-state index contributed by atoms with van der Waals surface area (Å²) in [5, 5.41) is 0. The van der Waals surface area contributed by atoms with Crippen molar-refractivity contribution in [3.63, 3.8) is 0 Å². The Morgan fingerprint density at radius 3 is 2.44 bits per heavy atom. The summed E-state index contributed by atoms with van der Waals surface area (Å²) < 4.78 is 1.16. The minimum atomic E-state index is 0.118. The second-order valence-corrected chi connectivity index (χ2v) is 5.19. The van der Waals surface area contributed by atoms with E-state index >= 15 is 0 Å². The van der Waals surface area contributed by atoms with Crippen LogP contribution < -0.4 is 0 Å². The molecule has 0 heterocycles. The van der Waals surface area contributed by atoms with Gasteiger partial charge >= 0.3 is 0 Å². The summed E-state index contributed by atoms with van der Waals surface area (Å²) in [6, 6.07) is 7.71. The van der Waals surface area contributed by atoms with E-state index in [-0.39, 0.29) is 5.91 Å². The maximum atomic E-state index is 12.0. The minimum Gasteiger partial charge on any atom is -0.342 e. The lowest BCUT2D eigenvalue weighted by atomic mass is 10.2. The highest BCUT2D eigenvalue weighted by atomic mass is 127. The van der Waals surface area contributed by atoms with Crippen LogP contribution in [0.1, 0.15) is 36.5 Å². The third-order valence-electron chi connectivity index (χ3n) is 2.53. The predicted molar refractivity (Wildman–Crippen MR) is 75.6 cm³/mol. The average molecular weight is 331 g/mol. The van der Waals surface area contributed by atoms with Crippen LogP contribution in [0.5, 0.6) is 0 Å². The van der Waals surface area contributed by atoms with Crippen molar-refractivity contribution < 1.29 is 4.79 Å². The highest BCUT2D eigenvalue weighted by Gasteiger charge is 2.10. The number of carbonyl (C=O) groups is 1. The molecule has 0 atom stereocenters. The van der Waals surface area contributed by atoms with Gasteiger partial charge in [0.15, 0.2) is 0 Å². The second kappa shape index (κ2) is 6.89. The predicted octanol–water partition coefficient (Wildman–Crippen LogP) is 3.55. The van der Waals surface area contributed by atoms with Crippen LogP contribution in [0.25, 0.3) is 0 Å². The van der Waals surface area contributed by atoms with Crippen LogP contribution in [0.15, 0.2) is 24.3 Å². The fourth-order valence-electron chi connectivity index (χ4n) is 1.51. The van der Waals surface area contributed by atoms with Crippen LogP contribution in [-0.2, 0) is 0 Å². The molecule has 0 radical (unpaired) electrons. The smallest absolute Gasteiger partial charge is 0.253 e. The number of benzene rings is 1. The van der Waals surface area contributed by atoms with Crippen molar-refractivity contribution >= 4 is 28.5 Å². The molecule has 0 fully saturated rings. The molecule has 88 valence electrons. The number of hydrogen-bond donors (Lipinski definition) is 0. The molecular formula is C13H18INO. The van der Waals surface area contributed by atoms with Gasteiger partial charge in [-0.3, -0.25) is 4.79 Å². The summed E-state index contributed by atoms with van der Waals surface area (Å²) in [5.74, 6) is 0.118. The van der Waals surface area contributed by atoms with Gasteiger partial charge in [0.2, 0.25) is 0 Å². The van der Waals surface area contributed by atoms with Gasteiger partial charge in [-0.1, -0.05) is 19.8 Å². The van der Waals surface area contributed by atoms with Crippen molar-refractivity contribution in [2.24, 2.45) is 0 Å². The molecule has 0 aliphatic carbocycles. The summed E-state index contributed by atoms with van der Waals surface area (Å²) in [4.78, 5) is 13.8. The largest absolute Gasteiger partial charge is 0.342 e. The van der Waals surface area contributed by atoms with Crippen LogP contribution in [0.2, 0.25) is 0 Å². The van der Waals surface area contributed by atoms with E-state index in [2.05, 4.69) is 29.5 Å². The summed E-state index contributed by atoms with van der Waals surface area (Å²) in [6.45, 7) is 3.01. The van der Waals surface area contributed by atoms with Crippen LogP contribution >= 0.6 is 22.6 Å². The van der Waals surface area contributed by atoms with Crippen molar-refractivity contribution in [3.05, 3.63) is 33.4 Å². The van der Waals surface area contributed by atoms with Gasteiger partial charge in [-0.15, -0.1) is 0 Å².